The van der Waals surface area contributed by atoms with Crippen molar-refractivity contribution < 1.29 is 15.7 Å². The molecular formula is C82H48B3N5O. The Morgan fingerprint density at radius 2 is 0.571 bits per heavy atom. The molecule has 0 bridgehead atoms. The SMILES string of the molecule is [2H]c1cc([2H])cc(N2c3cc4c(cc3B3c5cc6ccccc6cc5N(c5cc([2H])cc([2H])c5)c5cccc2c53)B2c3cc5ccccc5c5c3N3c6c2c(cc2c6B(c6cc7ccccc7cc6N2c2cc([2H])cc([2H])c2)c2cc6ccccc6c(c23)O5)N4c2cc([2H])cc([2H])c2)c1. The van der Waals surface area contributed by atoms with E-state index in [2.05, 4.69) is 194 Å². The molecule has 7 aliphatic rings. The van der Waals surface area contributed by atoms with E-state index in [1.54, 1.807) is 24.3 Å². The van der Waals surface area contributed by atoms with Crippen molar-refractivity contribution in [2.24, 2.45) is 0 Å². The second-order valence-corrected chi connectivity index (χ2v) is 24.9. The maximum absolute atomic E-state index is 9.54. The fourth-order valence-electron chi connectivity index (χ4n) is 17.0. The van der Waals surface area contributed by atoms with Crippen molar-refractivity contribution in [3.8, 4) is 11.5 Å². The van der Waals surface area contributed by atoms with Gasteiger partial charge in [-0.1, -0.05) is 206 Å². The minimum absolute atomic E-state index is 0.173. The molecule has 6 nitrogen and oxygen atoms in total. The topological polar surface area (TPSA) is 25.4 Å². The van der Waals surface area contributed by atoms with E-state index < -0.39 is 13.4 Å². The van der Waals surface area contributed by atoms with Crippen LogP contribution in [0.15, 0.2) is 291 Å². The van der Waals surface area contributed by atoms with Gasteiger partial charge in [0.05, 0.1) is 22.3 Å². The first kappa shape index (κ1) is 41.5. The zero-order valence-electron chi connectivity index (χ0n) is 56.5. The van der Waals surface area contributed by atoms with E-state index in [1.807, 2.05) is 48.5 Å². The lowest BCUT2D eigenvalue weighted by Crippen LogP contribution is -2.69. The second kappa shape index (κ2) is 17.6. The first-order valence-corrected chi connectivity index (χ1v) is 31.0. The Labute approximate surface area is 537 Å². The van der Waals surface area contributed by atoms with Crippen molar-refractivity contribution in [1.29, 1.82) is 0 Å². The van der Waals surface area contributed by atoms with Crippen LogP contribution in [0.25, 0.3) is 43.1 Å². The van der Waals surface area contributed by atoms with Crippen molar-refractivity contribution in [1.82, 2.24) is 0 Å². The van der Waals surface area contributed by atoms with Crippen LogP contribution in [0.2, 0.25) is 0 Å². The van der Waals surface area contributed by atoms with Crippen LogP contribution in [0.1, 0.15) is 11.0 Å². The molecular weight excluding hydrogens is 1100 g/mol. The molecule has 0 aromatic heterocycles. The fraction of sp³-hybridized carbons (Fsp3) is 0. The number of anilines is 15. The molecule has 416 valence electrons. The molecule has 0 saturated carbocycles. The van der Waals surface area contributed by atoms with Gasteiger partial charge in [-0.2, -0.15) is 0 Å². The molecule has 9 heteroatoms. The van der Waals surface area contributed by atoms with Crippen molar-refractivity contribution in [3.63, 3.8) is 0 Å². The highest BCUT2D eigenvalue weighted by Crippen LogP contribution is 2.59. The molecule has 15 aromatic carbocycles. The fourth-order valence-corrected chi connectivity index (χ4v) is 17.0. The van der Waals surface area contributed by atoms with Gasteiger partial charge >= 0.3 is 0 Å². The summed E-state index contributed by atoms with van der Waals surface area (Å²) in [6.07, 6.45) is 0. The zero-order chi connectivity index (χ0) is 65.9. The number of para-hydroxylation sites is 4. The van der Waals surface area contributed by atoms with Crippen LogP contribution < -0.4 is 78.4 Å². The summed E-state index contributed by atoms with van der Waals surface area (Å²) in [6.45, 7) is -1.32. The number of benzene rings is 15. The molecule has 91 heavy (non-hydrogen) atoms. The van der Waals surface area contributed by atoms with Crippen LogP contribution in [0.4, 0.5) is 85.3 Å². The van der Waals surface area contributed by atoms with Gasteiger partial charge in [-0.3, -0.25) is 0 Å². The van der Waals surface area contributed by atoms with Gasteiger partial charge in [-0.05, 0) is 166 Å². The van der Waals surface area contributed by atoms with E-state index in [4.69, 9.17) is 7.48 Å². The van der Waals surface area contributed by atoms with E-state index in [0.29, 0.717) is 22.7 Å². The van der Waals surface area contributed by atoms with Gasteiger partial charge in [-0.15, -0.1) is 0 Å². The quantitative estimate of drug-likeness (QED) is 0.163. The highest BCUT2D eigenvalue weighted by atomic mass is 16.5. The molecule has 0 amide bonds. The molecule has 0 radical (unpaired) electrons. The van der Waals surface area contributed by atoms with E-state index in [9.17, 15) is 8.22 Å². The van der Waals surface area contributed by atoms with E-state index in [-0.39, 0.29) is 55.1 Å². The Kier molecular flexibility index (Phi) is 8.00. The van der Waals surface area contributed by atoms with Crippen LogP contribution in [0.5, 0.6) is 11.5 Å². The highest BCUT2D eigenvalue weighted by Gasteiger charge is 2.56. The van der Waals surface area contributed by atoms with E-state index in [1.165, 1.54) is 0 Å². The molecule has 7 heterocycles. The van der Waals surface area contributed by atoms with Crippen LogP contribution in [0.3, 0.4) is 0 Å². The zero-order valence-corrected chi connectivity index (χ0v) is 48.5. The maximum Gasteiger partial charge on any atom is 0.252 e. The van der Waals surface area contributed by atoms with Crippen molar-refractivity contribution in [3.05, 3.63) is 291 Å². The summed E-state index contributed by atoms with van der Waals surface area (Å²) < 4.78 is 82.2. The van der Waals surface area contributed by atoms with Gasteiger partial charge < -0.3 is 29.2 Å². The third-order valence-electron chi connectivity index (χ3n) is 20.5. The summed E-state index contributed by atoms with van der Waals surface area (Å²) in [5.41, 5.74) is 21.6. The van der Waals surface area contributed by atoms with Crippen LogP contribution in [0, 0.1) is 0 Å². The van der Waals surface area contributed by atoms with Gasteiger partial charge in [0.15, 0.2) is 11.5 Å². The molecule has 0 atom stereocenters. The summed E-state index contributed by atoms with van der Waals surface area (Å²) in [7, 11) is 0. The third-order valence-corrected chi connectivity index (χ3v) is 20.5. The van der Waals surface area contributed by atoms with Crippen LogP contribution in [-0.2, 0) is 0 Å². The van der Waals surface area contributed by atoms with Gasteiger partial charge in [-0.25, -0.2) is 0 Å². The normalized spacial score (nSPS) is 15.5. The Bertz CT molecular complexity index is 6250. The molecule has 0 saturated heterocycles. The minimum Gasteiger partial charge on any atom is -0.452 e. The second-order valence-electron chi connectivity index (χ2n) is 24.9. The average Bonchev–Trinajstić information content (AvgIpc) is 0.654. The lowest BCUT2D eigenvalue weighted by atomic mass is 9.27. The Hall–Kier alpha value is -11.7. The molecule has 22 rings (SSSR count). The molecule has 0 N–H and O–H groups in total. The average molecular weight is 1160 g/mol. The summed E-state index contributed by atoms with van der Waals surface area (Å²) in [5.74, 6) is 1.51. The van der Waals surface area contributed by atoms with Crippen molar-refractivity contribution in [2.75, 3.05) is 24.5 Å². The number of nitrogens with zero attached hydrogens (tertiary/aromatic N) is 5. The number of ether oxygens (including phenoxy) is 1. The molecule has 0 fully saturated rings. The van der Waals surface area contributed by atoms with Crippen molar-refractivity contribution in [2.45, 2.75) is 0 Å². The lowest BCUT2D eigenvalue weighted by molar-refractivity contribution is 0.489. The van der Waals surface area contributed by atoms with Gasteiger partial charge in [0.1, 0.15) is 0 Å². The number of fused-ring (bicyclic) bond motifs is 16. The van der Waals surface area contributed by atoms with Crippen LogP contribution >= 0.6 is 0 Å². The number of rotatable bonds is 4. The molecule has 0 unspecified atom stereocenters. The smallest absolute Gasteiger partial charge is 0.252 e. The van der Waals surface area contributed by atoms with Crippen molar-refractivity contribution >= 4 is 198 Å². The Balaban J connectivity index is 0.924. The predicted molar refractivity (Wildman–Crippen MR) is 384 cm³/mol. The largest absolute Gasteiger partial charge is 0.452 e. The highest BCUT2D eigenvalue weighted by molar-refractivity contribution is 7.06. The summed E-state index contributed by atoms with van der Waals surface area (Å²) in [5, 5.41) is 8.21. The molecule has 0 aliphatic carbocycles. The first-order valence-electron chi connectivity index (χ1n) is 35.0. The van der Waals surface area contributed by atoms with Gasteiger partial charge in [0, 0.05) is 84.7 Å². The molecule has 15 aromatic rings. The Morgan fingerprint density at radius 1 is 0.242 bits per heavy atom. The number of hydrogen-bond acceptors (Lipinski definition) is 6. The summed E-state index contributed by atoms with van der Waals surface area (Å²) in [4.78, 5) is 11.5. The van der Waals surface area contributed by atoms with E-state index in [0.717, 1.165) is 166 Å². The predicted octanol–water partition coefficient (Wildman–Crippen LogP) is 15.2. The van der Waals surface area contributed by atoms with Gasteiger partial charge in [0.25, 0.3) is 20.1 Å². The molecule has 7 aliphatic heterocycles. The van der Waals surface area contributed by atoms with Gasteiger partial charge in [0.2, 0.25) is 0 Å². The Morgan fingerprint density at radius 3 is 1.00 bits per heavy atom. The lowest BCUT2D eigenvalue weighted by Gasteiger charge is -2.53. The summed E-state index contributed by atoms with van der Waals surface area (Å²) >= 11 is 0. The summed E-state index contributed by atoms with van der Waals surface area (Å²) in [6, 6.07) is 83.8. The standard InChI is InChI=1S/C82H48B3N5O/c1-5-28-55(29-6-1)86-67-38-21-39-68-75(67)83(61-40-49-22-13-15-24-51(49)44-69(61)86)63-46-64-72(47-71(63)87(68)56-30-7-2-8-31-56)89(58-34-11-4-12-35-58)74-48-73-76-80-77(74)85(64)66-43-54-27-18-20-37-60(54)82-79(66)90(80)78-65(42-53-26-17-19-36-59(53)81(78)91-82)84(76)62-41-50-23-14-16-25-52(50)45-70(62)88(73)57-32-9-3-10-33-57/h1-48H/i5D,6D,7D,8D,9D,10D,11D,12D. The minimum atomic E-state index is -0.510. The third kappa shape index (κ3) is 6.25. The first-order chi connectivity index (χ1) is 48.3. The monoisotopic (exact) mass is 1160 g/mol. The number of hydrogen-bond donors (Lipinski definition) is 0. The maximum atomic E-state index is 9.54. The molecule has 0 spiro atoms. The van der Waals surface area contributed by atoms with Crippen LogP contribution in [-0.4, -0.2) is 20.1 Å². The van der Waals surface area contributed by atoms with E-state index >= 15 is 0 Å².